The van der Waals surface area contributed by atoms with Gasteiger partial charge in [0.15, 0.2) is 0 Å². The van der Waals surface area contributed by atoms with Gasteiger partial charge in [0.25, 0.3) is 0 Å². The van der Waals surface area contributed by atoms with Crippen LogP contribution in [0, 0.1) is 0 Å². The van der Waals surface area contributed by atoms with E-state index in [0.29, 0.717) is 38.2 Å². The van der Waals surface area contributed by atoms with Gasteiger partial charge in [0.2, 0.25) is 0 Å². The van der Waals surface area contributed by atoms with Gasteiger partial charge in [-0.05, 0) is 24.3 Å². The summed E-state index contributed by atoms with van der Waals surface area (Å²) in [6.45, 7) is 3.56. The van der Waals surface area contributed by atoms with Crippen LogP contribution < -0.4 is 25.6 Å². The number of halogens is 2. The molecule has 0 radical (unpaired) electrons. The van der Waals surface area contributed by atoms with Gasteiger partial charge in [0, 0.05) is 31.6 Å². The minimum Gasteiger partial charge on any atom is -0.495 e. The van der Waals surface area contributed by atoms with E-state index in [-0.39, 0.29) is 0 Å². The number of anilines is 3. The van der Waals surface area contributed by atoms with Gasteiger partial charge in [-0.25, -0.2) is 14.8 Å². The number of benzene rings is 2. The lowest BCUT2D eigenvalue weighted by atomic mass is 10.1. The van der Waals surface area contributed by atoms with Gasteiger partial charge < -0.3 is 20.3 Å². The number of nitrogens with zero attached hydrogens (tertiary/aromatic N) is 3. The van der Waals surface area contributed by atoms with Crippen LogP contribution in [0.2, 0.25) is 10.0 Å². The third kappa shape index (κ3) is 4.21. The molecule has 0 saturated carbocycles. The normalized spacial score (nSPS) is 13.9. The Morgan fingerprint density at radius 3 is 2.57 bits per heavy atom. The zero-order valence-corrected chi connectivity index (χ0v) is 17.7. The van der Waals surface area contributed by atoms with E-state index < -0.39 is 6.03 Å². The minimum absolute atomic E-state index is 0.329. The van der Waals surface area contributed by atoms with Gasteiger partial charge in [-0.15, -0.1) is 0 Å². The molecule has 4 rings (SSSR count). The molecule has 2 aromatic carbocycles. The molecule has 1 aliphatic heterocycles. The van der Waals surface area contributed by atoms with Crippen molar-refractivity contribution < 1.29 is 9.53 Å². The Morgan fingerprint density at radius 2 is 1.87 bits per heavy atom. The smallest absolute Gasteiger partial charge is 0.324 e. The average Bonchev–Trinajstić information content (AvgIpc) is 2.76. The molecule has 1 fully saturated rings. The molecule has 0 aliphatic carbocycles. The maximum absolute atomic E-state index is 12.6. The van der Waals surface area contributed by atoms with Crippen LogP contribution in [0.3, 0.4) is 0 Å². The van der Waals surface area contributed by atoms with Crippen molar-refractivity contribution in [2.75, 3.05) is 48.8 Å². The highest BCUT2D eigenvalue weighted by Crippen LogP contribution is 2.35. The van der Waals surface area contributed by atoms with Gasteiger partial charge in [-0.1, -0.05) is 29.3 Å². The van der Waals surface area contributed by atoms with Crippen LogP contribution in [-0.4, -0.2) is 49.3 Å². The highest BCUT2D eigenvalue weighted by Gasteiger charge is 2.18. The first-order chi connectivity index (χ1) is 14.6. The molecule has 0 spiro atoms. The van der Waals surface area contributed by atoms with E-state index in [2.05, 4.69) is 30.8 Å². The number of ether oxygens (including phenoxy) is 1. The molecule has 1 aromatic heterocycles. The van der Waals surface area contributed by atoms with Crippen molar-refractivity contribution in [2.45, 2.75) is 0 Å². The lowest BCUT2D eigenvalue weighted by molar-refractivity contribution is 0.262. The zero-order valence-electron chi connectivity index (χ0n) is 16.2. The van der Waals surface area contributed by atoms with E-state index in [1.165, 1.54) is 6.33 Å². The minimum atomic E-state index is -0.518. The number of para-hydroxylation sites is 1. The lowest BCUT2D eigenvalue weighted by Crippen LogP contribution is -2.43. The van der Waals surface area contributed by atoms with Crippen LogP contribution in [0.1, 0.15) is 0 Å². The van der Waals surface area contributed by atoms with Crippen molar-refractivity contribution in [3.63, 3.8) is 0 Å². The SMILES string of the molecule is COc1cc2c(NC(=O)Nc3c(Cl)cccc3Cl)ncnc2cc1N1CCNCC1. The molecule has 10 heteroatoms. The summed E-state index contributed by atoms with van der Waals surface area (Å²) in [6.07, 6.45) is 1.41. The maximum atomic E-state index is 12.6. The second kappa shape index (κ2) is 8.91. The average molecular weight is 447 g/mol. The molecule has 1 aliphatic rings. The molecule has 1 saturated heterocycles. The summed E-state index contributed by atoms with van der Waals surface area (Å²) in [6, 6.07) is 8.26. The molecule has 3 N–H and O–H groups in total. The standard InChI is InChI=1S/C20H20Cl2N6O2/c1-30-17-9-12-15(10-16(17)28-7-5-23-6-8-28)24-11-25-19(12)27-20(29)26-18-13(21)3-2-4-14(18)22/h2-4,9-11,23H,5-8H2,1H3,(H2,24,25,26,27,29). The summed E-state index contributed by atoms with van der Waals surface area (Å²) >= 11 is 12.2. The predicted molar refractivity (Wildman–Crippen MR) is 120 cm³/mol. The quantitative estimate of drug-likeness (QED) is 0.560. The second-order valence-corrected chi connectivity index (χ2v) is 7.49. The van der Waals surface area contributed by atoms with E-state index in [0.717, 1.165) is 31.9 Å². The Hall–Kier alpha value is -2.81. The first kappa shape index (κ1) is 20.5. The lowest BCUT2D eigenvalue weighted by Gasteiger charge is -2.30. The molecule has 30 heavy (non-hydrogen) atoms. The molecular formula is C20H20Cl2N6O2. The number of hydrogen-bond donors (Lipinski definition) is 3. The van der Waals surface area contributed by atoms with Crippen molar-refractivity contribution in [2.24, 2.45) is 0 Å². The topological polar surface area (TPSA) is 91.4 Å². The highest BCUT2D eigenvalue weighted by molar-refractivity contribution is 6.39. The van der Waals surface area contributed by atoms with E-state index in [4.69, 9.17) is 27.9 Å². The fourth-order valence-electron chi connectivity index (χ4n) is 3.36. The molecule has 8 nitrogen and oxygen atoms in total. The van der Waals surface area contributed by atoms with Crippen LogP contribution in [0.4, 0.5) is 22.0 Å². The number of hydrogen-bond acceptors (Lipinski definition) is 6. The first-order valence-corrected chi connectivity index (χ1v) is 10.1. The largest absolute Gasteiger partial charge is 0.495 e. The van der Waals surface area contributed by atoms with Gasteiger partial charge in [-0.2, -0.15) is 0 Å². The Kier molecular flexibility index (Phi) is 6.08. The zero-order chi connectivity index (χ0) is 21.1. The third-order valence-corrected chi connectivity index (χ3v) is 5.46. The fraction of sp³-hybridized carbons (Fsp3) is 0.250. The molecule has 2 heterocycles. The number of piperazine rings is 1. The summed E-state index contributed by atoms with van der Waals surface area (Å²) in [5.41, 5.74) is 1.99. The van der Waals surface area contributed by atoms with Crippen LogP contribution >= 0.6 is 23.2 Å². The number of aromatic nitrogens is 2. The maximum Gasteiger partial charge on any atom is 0.324 e. The summed E-state index contributed by atoms with van der Waals surface area (Å²) in [4.78, 5) is 23.4. The van der Waals surface area contributed by atoms with E-state index >= 15 is 0 Å². The van der Waals surface area contributed by atoms with Crippen molar-refractivity contribution in [3.05, 3.63) is 46.7 Å². The molecule has 0 atom stereocenters. The van der Waals surface area contributed by atoms with Crippen molar-refractivity contribution in [1.82, 2.24) is 15.3 Å². The second-order valence-electron chi connectivity index (χ2n) is 6.68. The number of fused-ring (bicyclic) bond motifs is 1. The molecule has 0 bridgehead atoms. The summed E-state index contributed by atoms with van der Waals surface area (Å²) in [5.74, 6) is 1.04. The summed E-state index contributed by atoms with van der Waals surface area (Å²) < 4.78 is 5.61. The van der Waals surface area contributed by atoms with E-state index in [9.17, 15) is 4.79 Å². The molecule has 0 unspecified atom stereocenters. The Labute approximate surface area is 183 Å². The first-order valence-electron chi connectivity index (χ1n) is 9.37. The number of methoxy groups -OCH3 is 1. The highest BCUT2D eigenvalue weighted by atomic mass is 35.5. The number of nitrogens with one attached hydrogen (secondary N) is 3. The molecule has 3 aromatic rings. The van der Waals surface area contributed by atoms with Crippen LogP contribution in [0.25, 0.3) is 10.9 Å². The Morgan fingerprint density at radius 1 is 1.13 bits per heavy atom. The van der Waals surface area contributed by atoms with Crippen LogP contribution in [-0.2, 0) is 0 Å². The summed E-state index contributed by atoms with van der Waals surface area (Å²) in [5, 5.41) is 10.1. The van der Waals surface area contributed by atoms with Crippen molar-refractivity contribution in [1.29, 1.82) is 0 Å². The predicted octanol–water partition coefficient (Wildman–Crippen LogP) is 4.00. The third-order valence-electron chi connectivity index (χ3n) is 4.83. The monoisotopic (exact) mass is 446 g/mol. The number of amides is 2. The molecule has 2 amide bonds. The number of carbonyl (C=O) groups is 1. The van der Waals surface area contributed by atoms with Gasteiger partial charge in [0.1, 0.15) is 17.9 Å². The molecule has 156 valence electrons. The number of urea groups is 1. The van der Waals surface area contributed by atoms with Gasteiger partial charge in [-0.3, -0.25) is 5.32 Å². The summed E-state index contributed by atoms with van der Waals surface area (Å²) in [7, 11) is 1.62. The van der Waals surface area contributed by atoms with Crippen molar-refractivity contribution >= 4 is 57.3 Å². The fourth-order valence-corrected chi connectivity index (χ4v) is 3.85. The Bertz CT molecular complexity index is 1070. The number of carbonyl (C=O) groups excluding carboxylic acids is 1. The van der Waals surface area contributed by atoms with Gasteiger partial charge in [0.05, 0.1) is 34.0 Å². The van der Waals surface area contributed by atoms with Crippen LogP contribution in [0.5, 0.6) is 5.75 Å². The van der Waals surface area contributed by atoms with E-state index in [1.807, 2.05) is 12.1 Å². The van der Waals surface area contributed by atoms with Crippen LogP contribution in [0.15, 0.2) is 36.7 Å². The number of rotatable bonds is 4. The van der Waals surface area contributed by atoms with Crippen molar-refractivity contribution in [3.8, 4) is 5.75 Å². The Balaban J connectivity index is 1.63. The van der Waals surface area contributed by atoms with E-state index in [1.54, 1.807) is 25.3 Å². The molecular weight excluding hydrogens is 427 g/mol. The van der Waals surface area contributed by atoms with Gasteiger partial charge >= 0.3 is 6.03 Å².